The highest BCUT2D eigenvalue weighted by atomic mass is 16.5. The Morgan fingerprint density at radius 2 is 2.00 bits per heavy atom. The Labute approximate surface area is 123 Å². The summed E-state index contributed by atoms with van der Waals surface area (Å²) in [4.78, 5) is 2.56. The van der Waals surface area contributed by atoms with Crippen LogP contribution < -0.4 is 5.32 Å². The number of nitrogens with one attached hydrogen (secondary N) is 1. The molecule has 0 amide bonds. The number of likely N-dealkylation sites (tertiary alicyclic amines) is 1. The average Bonchev–Trinajstić information content (AvgIpc) is 2.47. The predicted molar refractivity (Wildman–Crippen MR) is 83.7 cm³/mol. The van der Waals surface area contributed by atoms with Crippen LogP contribution in [0.1, 0.15) is 30.9 Å². The number of ether oxygens (including phenoxy) is 1. The highest BCUT2D eigenvalue weighted by Crippen LogP contribution is 2.19. The Bertz CT molecular complexity index is 375. The van der Waals surface area contributed by atoms with E-state index in [1.165, 1.54) is 37.1 Å². The van der Waals surface area contributed by atoms with Crippen LogP contribution in [0.5, 0.6) is 0 Å². The fourth-order valence-electron chi connectivity index (χ4n) is 2.96. The van der Waals surface area contributed by atoms with Crippen molar-refractivity contribution in [2.75, 3.05) is 33.4 Å². The molecule has 1 fully saturated rings. The minimum Gasteiger partial charge on any atom is -0.384 e. The maximum atomic E-state index is 5.30. The lowest BCUT2D eigenvalue weighted by Crippen LogP contribution is -2.36. The molecular weight excluding hydrogens is 248 g/mol. The van der Waals surface area contributed by atoms with E-state index in [9.17, 15) is 0 Å². The number of hydrogen-bond acceptors (Lipinski definition) is 3. The molecule has 1 aliphatic rings. The summed E-state index contributed by atoms with van der Waals surface area (Å²) < 4.78 is 5.30. The normalized spacial score (nSPS) is 20.2. The second kappa shape index (κ2) is 8.40. The van der Waals surface area contributed by atoms with Gasteiger partial charge < -0.3 is 10.1 Å². The van der Waals surface area contributed by atoms with Crippen LogP contribution in [-0.4, -0.2) is 38.3 Å². The van der Waals surface area contributed by atoms with E-state index in [-0.39, 0.29) is 0 Å². The Hall–Kier alpha value is -0.900. The number of nitrogens with zero attached hydrogens (tertiary/aromatic N) is 1. The van der Waals surface area contributed by atoms with Crippen LogP contribution in [0, 0.1) is 5.92 Å². The molecule has 0 bridgehead atoms. The average molecular weight is 276 g/mol. The summed E-state index contributed by atoms with van der Waals surface area (Å²) in [5, 5.41) is 3.36. The van der Waals surface area contributed by atoms with Crippen molar-refractivity contribution in [3.63, 3.8) is 0 Å². The van der Waals surface area contributed by atoms with Crippen LogP contribution in [0.2, 0.25) is 0 Å². The molecule has 1 aromatic rings. The molecule has 2 rings (SSSR count). The first-order valence-electron chi connectivity index (χ1n) is 7.81. The monoisotopic (exact) mass is 276 g/mol. The largest absolute Gasteiger partial charge is 0.384 e. The number of methoxy groups -OCH3 is 1. The lowest BCUT2D eigenvalue weighted by atomic mass is 9.98. The Morgan fingerprint density at radius 3 is 2.70 bits per heavy atom. The molecule has 1 N–H and O–H groups in total. The quantitative estimate of drug-likeness (QED) is 0.828. The summed E-state index contributed by atoms with van der Waals surface area (Å²) >= 11 is 0. The van der Waals surface area contributed by atoms with Gasteiger partial charge in [-0.05, 0) is 43.0 Å². The van der Waals surface area contributed by atoms with E-state index >= 15 is 0 Å². The molecule has 0 radical (unpaired) electrons. The SMILES string of the molecule is CCNCc1ccc(CN2CCCC(COC)C2)cc1. The molecule has 1 aromatic carbocycles. The molecule has 20 heavy (non-hydrogen) atoms. The highest BCUT2D eigenvalue weighted by Gasteiger charge is 2.19. The molecule has 0 aliphatic carbocycles. The summed E-state index contributed by atoms with van der Waals surface area (Å²) in [6.07, 6.45) is 2.61. The van der Waals surface area contributed by atoms with Gasteiger partial charge in [0, 0.05) is 26.7 Å². The summed E-state index contributed by atoms with van der Waals surface area (Å²) in [5.41, 5.74) is 2.79. The molecule has 0 aromatic heterocycles. The van der Waals surface area contributed by atoms with Gasteiger partial charge >= 0.3 is 0 Å². The molecule has 1 unspecified atom stereocenters. The summed E-state index contributed by atoms with van der Waals surface area (Å²) in [6, 6.07) is 9.03. The molecule has 0 saturated carbocycles. The van der Waals surface area contributed by atoms with Crippen molar-refractivity contribution in [1.82, 2.24) is 10.2 Å². The topological polar surface area (TPSA) is 24.5 Å². The second-order valence-electron chi connectivity index (χ2n) is 5.80. The number of benzene rings is 1. The molecule has 3 nitrogen and oxygen atoms in total. The molecule has 3 heteroatoms. The zero-order valence-electron chi connectivity index (χ0n) is 12.9. The molecule has 1 atom stereocenters. The van der Waals surface area contributed by atoms with Crippen molar-refractivity contribution in [2.24, 2.45) is 5.92 Å². The summed E-state index contributed by atoms with van der Waals surface area (Å²) in [7, 11) is 1.81. The van der Waals surface area contributed by atoms with Crippen LogP contribution in [0.15, 0.2) is 24.3 Å². The van der Waals surface area contributed by atoms with Crippen LogP contribution >= 0.6 is 0 Å². The van der Waals surface area contributed by atoms with E-state index in [0.717, 1.165) is 26.2 Å². The van der Waals surface area contributed by atoms with Gasteiger partial charge in [-0.3, -0.25) is 4.90 Å². The zero-order valence-corrected chi connectivity index (χ0v) is 12.9. The smallest absolute Gasteiger partial charge is 0.0502 e. The van der Waals surface area contributed by atoms with Crippen LogP contribution in [-0.2, 0) is 17.8 Å². The molecule has 112 valence electrons. The minimum atomic E-state index is 0.710. The molecular formula is C17H28N2O. The van der Waals surface area contributed by atoms with Gasteiger partial charge in [-0.2, -0.15) is 0 Å². The zero-order chi connectivity index (χ0) is 14.2. The van der Waals surface area contributed by atoms with Crippen molar-refractivity contribution in [3.8, 4) is 0 Å². The van der Waals surface area contributed by atoms with Crippen LogP contribution in [0.3, 0.4) is 0 Å². The molecule has 1 aliphatic heterocycles. The Morgan fingerprint density at radius 1 is 1.25 bits per heavy atom. The maximum absolute atomic E-state index is 5.30. The highest BCUT2D eigenvalue weighted by molar-refractivity contribution is 5.22. The second-order valence-corrected chi connectivity index (χ2v) is 5.80. The van der Waals surface area contributed by atoms with Crippen LogP contribution in [0.25, 0.3) is 0 Å². The van der Waals surface area contributed by atoms with E-state index in [0.29, 0.717) is 5.92 Å². The van der Waals surface area contributed by atoms with Crippen molar-refractivity contribution in [3.05, 3.63) is 35.4 Å². The first-order valence-corrected chi connectivity index (χ1v) is 7.81. The van der Waals surface area contributed by atoms with Crippen molar-refractivity contribution < 1.29 is 4.74 Å². The van der Waals surface area contributed by atoms with E-state index in [1.807, 2.05) is 7.11 Å². The number of rotatable bonds is 7. The van der Waals surface area contributed by atoms with Gasteiger partial charge in [-0.1, -0.05) is 31.2 Å². The van der Waals surface area contributed by atoms with E-state index < -0.39 is 0 Å². The standard InChI is InChI=1S/C17H28N2O/c1-3-18-11-15-6-8-16(9-7-15)12-19-10-4-5-17(13-19)14-20-2/h6-9,17-18H,3-5,10-14H2,1-2H3. The first kappa shape index (κ1) is 15.5. The van der Waals surface area contributed by atoms with Gasteiger partial charge in [0.25, 0.3) is 0 Å². The minimum absolute atomic E-state index is 0.710. The van der Waals surface area contributed by atoms with Gasteiger partial charge in [0.1, 0.15) is 0 Å². The van der Waals surface area contributed by atoms with Gasteiger partial charge in [0.2, 0.25) is 0 Å². The fraction of sp³-hybridized carbons (Fsp3) is 0.647. The van der Waals surface area contributed by atoms with E-state index in [1.54, 1.807) is 0 Å². The van der Waals surface area contributed by atoms with Gasteiger partial charge in [-0.25, -0.2) is 0 Å². The van der Waals surface area contributed by atoms with Gasteiger partial charge in [-0.15, -0.1) is 0 Å². The molecule has 0 spiro atoms. The van der Waals surface area contributed by atoms with Crippen molar-refractivity contribution in [2.45, 2.75) is 32.9 Å². The maximum Gasteiger partial charge on any atom is 0.0502 e. The Kier molecular flexibility index (Phi) is 6.51. The van der Waals surface area contributed by atoms with Gasteiger partial charge in [0.15, 0.2) is 0 Å². The summed E-state index contributed by atoms with van der Waals surface area (Å²) in [5.74, 6) is 0.710. The van der Waals surface area contributed by atoms with Crippen molar-refractivity contribution in [1.29, 1.82) is 0 Å². The fourth-order valence-corrected chi connectivity index (χ4v) is 2.96. The lowest BCUT2D eigenvalue weighted by Gasteiger charge is -2.32. The van der Waals surface area contributed by atoms with E-state index in [4.69, 9.17) is 4.74 Å². The third-order valence-electron chi connectivity index (χ3n) is 4.01. The van der Waals surface area contributed by atoms with Crippen molar-refractivity contribution >= 4 is 0 Å². The molecule has 1 heterocycles. The number of hydrogen-bond donors (Lipinski definition) is 1. The third-order valence-corrected chi connectivity index (χ3v) is 4.01. The lowest BCUT2D eigenvalue weighted by molar-refractivity contribution is 0.0874. The molecule has 1 saturated heterocycles. The van der Waals surface area contributed by atoms with E-state index in [2.05, 4.69) is 41.4 Å². The first-order chi connectivity index (χ1) is 9.81. The van der Waals surface area contributed by atoms with Crippen LogP contribution in [0.4, 0.5) is 0 Å². The Balaban J connectivity index is 1.83. The summed E-state index contributed by atoms with van der Waals surface area (Å²) in [6.45, 7) is 8.50. The predicted octanol–water partition coefficient (Wildman–Crippen LogP) is 2.65. The number of piperidine rings is 1. The third kappa shape index (κ3) is 4.89. The van der Waals surface area contributed by atoms with Gasteiger partial charge in [0.05, 0.1) is 6.61 Å².